The van der Waals surface area contributed by atoms with Gasteiger partial charge in [-0.25, -0.2) is 0 Å². The number of nitrogens with one attached hydrogen (secondary N) is 1. The third kappa shape index (κ3) is 2.30. The lowest BCUT2D eigenvalue weighted by Gasteiger charge is -2.11. The minimum atomic E-state index is 0.682. The molecule has 102 valence electrons. The highest BCUT2D eigenvalue weighted by molar-refractivity contribution is 6.00. The van der Waals surface area contributed by atoms with Crippen molar-refractivity contribution in [3.63, 3.8) is 0 Å². The fraction of sp³-hybridized carbons (Fsp3) is 0.200. The van der Waals surface area contributed by atoms with Crippen LogP contribution in [0.5, 0.6) is 0 Å². The molecule has 0 atom stereocenters. The molecule has 0 spiro atoms. The Kier molecular flexibility index (Phi) is 3.02. The van der Waals surface area contributed by atoms with Gasteiger partial charge in [0.2, 0.25) is 0 Å². The second-order valence-corrected chi connectivity index (χ2v) is 4.91. The van der Waals surface area contributed by atoms with E-state index in [1.54, 1.807) is 4.68 Å². The number of fused-ring (bicyclic) bond motifs is 1. The number of nitrogen functional groups attached to an aromatic ring is 1. The number of nitrogens with zero attached hydrogens (tertiary/aromatic N) is 3. The van der Waals surface area contributed by atoms with Gasteiger partial charge in [-0.05, 0) is 31.2 Å². The minimum Gasteiger partial charge on any atom is -0.398 e. The zero-order valence-electron chi connectivity index (χ0n) is 11.6. The van der Waals surface area contributed by atoms with Crippen LogP contribution in [0.3, 0.4) is 0 Å². The summed E-state index contributed by atoms with van der Waals surface area (Å²) in [5.41, 5.74) is 9.77. The first-order valence-electron chi connectivity index (χ1n) is 6.51. The van der Waals surface area contributed by atoms with Gasteiger partial charge in [0.05, 0.1) is 12.2 Å². The normalized spacial score (nSPS) is 10.9. The lowest BCUT2D eigenvalue weighted by atomic mass is 10.1. The smallest absolute Gasteiger partial charge is 0.0815 e. The summed E-state index contributed by atoms with van der Waals surface area (Å²) < 4.78 is 1.80. The molecule has 3 N–H and O–H groups in total. The Morgan fingerprint density at radius 2 is 2.10 bits per heavy atom. The van der Waals surface area contributed by atoms with Crippen LogP contribution in [0, 0.1) is 6.92 Å². The first kappa shape index (κ1) is 12.5. The maximum absolute atomic E-state index is 6.00. The molecule has 5 heteroatoms. The summed E-state index contributed by atoms with van der Waals surface area (Å²) in [5.74, 6) is 0. The van der Waals surface area contributed by atoms with Crippen LogP contribution >= 0.6 is 0 Å². The van der Waals surface area contributed by atoms with Crippen molar-refractivity contribution in [3.05, 3.63) is 48.0 Å². The van der Waals surface area contributed by atoms with Gasteiger partial charge in [-0.1, -0.05) is 0 Å². The van der Waals surface area contributed by atoms with Gasteiger partial charge >= 0.3 is 0 Å². The van der Waals surface area contributed by atoms with E-state index in [1.165, 1.54) is 0 Å². The number of benzene rings is 1. The summed E-state index contributed by atoms with van der Waals surface area (Å²) in [6, 6.07) is 7.95. The fourth-order valence-electron chi connectivity index (χ4n) is 2.26. The van der Waals surface area contributed by atoms with E-state index in [9.17, 15) is 0 Å². The van der Waals surface area contributed by atoms with Gasteiger partial charge in [-0.2, -0.15) is 5.10 Å². The van der Waals surface area contributed by atoms with Crippen LogP contribution in [0.25, 0.3) is 10.8 Å². The van der Waals surface area contributed by atoms with Gasteiger partial charge in [0.25, 0.3) is 0 Å². The molecule has 0 aliphatic rings. The quantitative estimate of drug-likeness (QED) is 0.715. The summed E-state index contributed by atoms with van der Waals surface area (Å²) in [5, 5.41) is 9.84. The predicted octanol–water partition coefficient (Wildman–Crippen LogP) is 2.47. The molecular weight excluding hydrogens is 250 g/mol. The zero-order valence-corrected chi connectivity index (χ0v) is 11.6. The van der Waals surface area contributed by atoms with Gasteiger partial charge in [0.15, 0.2) is 0 Å². The summed E-state index contributed by atoms with van der Waals surface area (Å²) in [7, 11) is 1.91. The van der Waals surface area contributed by atoms with Crippen molar-refractivity contribution in [1.82, 2.24) is 14.8 Å². The van der Waals surface area contributed by atoms with E-state index >= 15 is 0 Å². The molecule has 0 fully saturated rings. The third-order valence-corrected chi connectivity index (χ3v) is 3.30. The van der Waals surface area contributed by atoms with E-state index in [4.69, 9.17) is 5.73 Å². The first-order chi connectivity index (χ1) is 9.63. The number of aromatic nitrogens is 3. The van der Waals surface area contributed by atoms with Gasteiger partial charge in [-0.15, -0.1) is 0 Å². The van der Waals surface area contributed by atoms with Gasteiger partial charge < -0.3 is 11.1 Å². The summed E-state index contributed by atoms with van der Waals surface area (Å²) >= 11 is 0. The molecule has 0 amide bonds. The van der Waals surface area contributed by atoms with Crippen LogP contribution in [-0.4, -0.2) is 14.8 Å². The van der Waals surface area contributed by atoms with Gasteiger partial charge in [-0.3, -0.25) is 9.67 Å². The molecule has 0 aliphatic carbocycles. The van der Waals surface area contributed by atoms with E-state index in [1.807, 2.05) is 50.6 Å². The van der Waals surface area contributed by atoms with E-state index in [-0.39, 0.29) is 0 Å². The zero-order chi connectivity index (χ0) is 14.1. The van der Waals surface area contributed by atoms with E-state index in [0.29, 0.717) is 6.54 Å². The average Bonchev–Trinajstić information content (AvgIpc) is 2.84. The Morgan fingerprint density at radius 3 is 2.85 bits per heavy atom. The molecule has 0 aliphatic heterocycles. The van der Waals surface area contributed by atoms with Crippen molar-refractivity contribution in [1.29, 1.82) is 0 Å². The van der Waals surface area contributed by atoms with Crippen LogP contribution in [-0.2, 0) is 13.6 Å². The highest BCUT2D eigenvalue weighted by Gasteiger charge is 2.06. The number of aryl methyl sites for hydroxylation is 2. The van der Waals surface area contributed by atoms with Crippen LogP contribution in [0.2, 0.25) is 0 Å². The van der Waals surface area contributed by atoms with Crippen molar-refractivity contribution in [2.45, 2.75) is 13.5 Å². The summed E-state index contributed by atoms with van der Waals surface area (Å²) in [6.45, 7) is 2.66. The van der Waals surface area contributed by atoms with Gasteiger partial charge in [0, 0.05) is 47.3 Å². The lowest BCUT2D eigenvalue weighted by molar-refractivity contribution is 0.747. The Bertz CT molecular complexity index is 760. The Hall–Kier alpha value is -2.56. The number of hydrogen-bond acceptors (Lipinski definition) is 4. The van der Waals surface area contributed by atoms with Crippen molar-refractivity contribution >= 4 is 22.1 Å². The molecule has 0 saturated carbocycles. The summed E-state index contributed by atoms with van der Waals surface area (Å²) in [4.78, 5) is 4.31. The van der Waals surface area contributed by atoms with Crippen LogP contribution in [0.1, 0.15) is 11.4 Å². The molecule has 2 heterocycles. The van der Waals surface area contributed by atoms with Crippen molar-refractivity contribution in [2.75, 3.05) is 11.1 Å². The number of nitrogens with two attached hydrogens (primary N) is 1. The molecule has 0 saturated heterocycles. The largest absolute Gasteiger partial charge is 0.398 e. The molecule has 0 unspecified atom stereocenters. The average molecular weight is 267 g/mol. The molecule has 0 bridgehead atoms. The lowest BCUT2D eigenvalue weighted by Crippen LogP contribution is -2.02. The molecule has 3 aromatic rings. The van der Waals surface area contributed by atoms with Gasteiger partial charge in [0.1, 0.15) is 0 Å². The summed E-state index contributed by atoms with van der Waals surface area (Å²) in [6.07, 6.45) is 3.76. The standard InChI is InChI=1S/C15H17N5/c1-10-7-12-13(9-17-10)14(16)3-4-15(12)18-8-11-5-6-20(2)19-11/h3-7,9,18H,8,16H2,1-2H3. The minimum absolute atomic E-state index is 0.682. The number of anilines is 2. The maximum atomic E-state index is 6.00. The highest BCUT2D eigenvalue weighted by Crippen LogP contribution is 2.28. The van der Waals surface area contributed by atoms with Crippen molar-refractivity contribution in [3.8, 4) is 0 Å². The molecule has 3 rings (SSSR count). The number of hydrogen-bond donors (Lipinski definition) is 2. The fourth-order valence-corrected chi connectivity index (χ4v) is 2.26. The molecule has 20 heavy (non-hydrogen) atoms. The Balaban J connectivity index is 1.95. The van der Waals surface area contributed by atoms with Crippen LogP contribution in [0.4, 0.5) is 11.4 Å². The maximum Gasteiger partial charge on any atom is 0.0815 e. The molecule has 0 radical (unpaired) electrons. The first-order valence-corrected chi connectivity index (χ1v) is 6.51. The van der Waals surface area contributed by atoms with Crippen LogP contribution in [0.15, 0.2) is 36.7 Å². The SMILES string of the molecule is Cc1cc2c(NCc3ccn(C)n3)ccc(N)c2cn1. The highest BCUT2D eigenvalue weighted by atomic mass is 15.3. The second kappa shape index (κ2) is 4.85. The Labute approximate surface area is 117 Å². The van der Waals surface area contributed by atoms with E-state index < -0.39 is 0 Å². The van der Waals surface area contributed by atoms with Crippen LogP contribution < -0.4 is 11.1 Å². The Morgan fingerprint density at radius 1 is 1.25 bits per heavy atom. The molecule has 2 aromatic heterocycles. The van der Waals surface area contributed by atoms with E-state index in [0.717, 1.165) is 33.5 Å². The topological polar surface area (TPSA) is 68.8 Å². The monoisotopic (exact) mass is 267 g/mol. The number of rotatable bonds is 3. The molecular formula is C15H17N5. The number of pyridine rings is 1. The molecule has 1 aromatic carbocycles. The molecule has 5 nitrogen and oxygen atoms in total. The third-order valence-electron chi connectivity index (χ3n) is 3.30. The van der Waals surface area contributed by atoms with Crippen molar-refractivity contribution < 1.29 is 0 Å². The van der Waals surface area contributed by atoms with E-state index in [2.05, 4.69) is 15.4 Å². The predicted molar refractivity (Wildman–Crippen MR) is 81.4 cm³/mol. The second-order valence-electron chi connectivity index (χ2n) is 4.91. The van der Waals surface area contributed by atoms with Crippen molar-refractivity contribution in [2.24, 2.45) is 7.05 Å².